The molecule has 1 N–H and O–H groups in total. The van der Waals surface area contributed by atoms with Crippen LogP contribution in [0.2, 0.25) is 0 Å². The third kappa shape index (κ3) is 6.02. The summed E-state index contributed by atoms with van der Waals surface area (Å²) >= 11 is 0. The van der Waals surface area contributed by atoms with Crippen LogP contribution in [0.5, 0.6) is 0 Å². The fourth-order valence-corrected chi connectivity index (χ4v) is 4.46. The van der Waals surface area contributed by atoms with E-state index in [9.17, 15) is 4.79 Å². The van der Waals surface area contributed by atoms with Crippen LogP contribution in [-0.2, 0) is 11.3 Å². The summed E-state index contributed by atoms with van der Waals surface area (Å²) in [5, 5.41) is 3.08. The molecule has 0 spiro atoms. The molecule has 0 bridgehead atoms. The van der Waals surface area contributed by atoms with E-state index in [1.807, 2.05) is 12.1 Å². The molecule has 31 heavy (non-hydrogen) atoms. The Bertz CT molecular complexity index is 883. The average molecular weight is 414 g/mol. The van der Waals surface area contributed by atoms with Gasteiger partial charge in [0.05, 0.1) is 0 Å². The molecule has 3 aromatic rings. The van der Waals surface area contributed by atoms with E-state index in [-0.39, 0.29) is 11.8 Å². The zero-order chi connectivity index (χ0) is 21.3. The molecular weight excluding hydrogens is 382 g/mol. The van der Waals surface area contributed by atoms with Crippen LogP contribution in [0.3, 0.4) is 0 Å². The second-order valence-electron chi connectivity index (χ2n) is 8.36. The zero-order valence-electron chi connectivity index (χ0n) is 18.0. The van der Waals surface area contributed by atoms with Crippen molar-refractivity contribution in [3.05, 3.63) is 102 Å². The number of piperidine rings is 1. The molecule has 0 unspecified atom stereocenters. The maximum Gasteiger partial charge on any atom is 0.223 e. The number of rotatable bonds is 8. The number of aromatic nitrogens is 1. The zero-order valence-corrected chi connectivity index (χ0v) is 18.0. The molecule has 4 rings (SSSR count). The Labute approximate surface area is 185 Å². The second-order valence-corrected chi connectivity index (χ2v) is 8.36. The van der Waals surface area contributed by atoms with Crippen LogP contribution >= 0.6 is 0 Å². The van der Waals surface area contributed by atoms with Gasteiger partial charge in [0.1, 0.15) is 0 Å². The van der Waals surface area contributed by atoms with Gasteiger partial charge in [-0.25, -0.2) is 0 Å². The number of carbonyl (C=O) groups excluding carboxylic acids is 1. The fraction of sp³-hybridized carbons (Fsp3) is 0.333. The summed E-state index contributed by atoms with van der Waals surface area (Å²) in [6.07, 6.45) is 6.51. The van der Waals surface area contributed by atoms with Crippen LogP contribution in [0.4, 0.5) is 0 Å². The highest BCUT2D eigenvalue weighted by atomic mass is 16.1. The quantitative estimate of drug-likeness (QED) is 0.586. The van der Waals surface area contributed by atoms with Crippen molar-refractivity contribution in [2.45, 2.75) is 31.7 Å². The molecule has 0 aliphatic carbocycles. The van der Waals surface area contributed by atoms with Crippen molar-refractivity contribution >= 4 is 5.91 Å². The number of benzene rings is 2. The van der Waals surface area contributed by atoms with E-state index >= 15 is 0 Å². The molecule has 0 radical (unpaired) electrons. The number of hydrogen-bond donors (Lipinski definition) is 1. The molecule has 0 saturated carbocycles. The van der Waals surface area contributed by atoms with Gasteiger partial charge < -0.3 is 10.2 Å². The minimum atomic E-state index is 0.118. The van der Waals surface area contributed by atoms with Gasteiger partial charge in [-0.1, -0.05) is 66.7 Å². The number of hydrogen-bond acceptors (Lipinski definition) is 3. The lowest BCUT2D eigenvalue weighted by Gasteiger charge is -2.32. The van der Waals surface area contributed by atoms with Gasteiger partial charge in [0.25, 0.3) is 0 Å². The van der Waals surface area contributed by atoms with Gasteiger partial charge in [0.15, 0.2) is 0 Å². The fourth-order valence-electron chi connectivity index (χ4n) is 4.46. The first-order valence-corrected chi connectivity index (χ1v) is 11.3. The highest BCUT2D eigenvalue weighted by molar-refractivity contribution is 5.78. The van der Waals surface area contributed by atoms with Crippen LogP contribution in [0.25, 0.3) is 0 Å². The molecule has 2 aromatic carbocycles. The highest BCUT2D eigenvalue weighted by Crippen LogP contribution is 2.29. The van der Waals surface area contributed by atoms with Gasteiger partial charge in [-0.15, -0.1) is 0 Å². The number of amides is 1. The van der Waals surface area contributed by atoms with E-state index < -0.39 is 0 Å². The summed E-state index contributed by atoms with van der Waals surface area (Å²) in [6.45, 7) is 3.59. The van der Waals surface area contributed by atoms with Gasteiger partial charge in [0, 0.05) is 30.8 Å². The third-order valence-electron chi connectivity index (χ3n) is 6.29. The summed E-state index contributed by atoms with van der Waals surface area (Å²) in [7, 11) is 0. The van der Waals surface area contributed by atoms with E-state index in [0.29, 0.717) is 12.5 Å². The standard InChI is InChI=1S/C27H31N3O/c31-27(29-21-22-8-7-16-28-20-22)25-13-17-30(18-14-25)19-15-26(23-9-3-1-4-10-23)24-11-5-2-6-12-24/h1-12,16,20,25-26H,13-15,17-19,21H2,(H,29,31). The molecule has 1 aliphatic rings. The predicted molar refractivity (Wildman–Crippen MR) is 125 cm³/mol. The van der Waals surface area contributed by atoms with E-state index in [1.165, 1.54) is 11.1 Å². The first kappa shape index (κ1) is 21.3. The number of likely N-dealkylation sites (tertiary alicyclic amines) is 1. The Hall–Kier alpha value is -2.98. The molecule has 1 saturated heterocycles. The van der Waals surface area contributed by atoms with Gasteiger partial charge in [-0.3, -0.25) is 9.78 Å². The van der Waals surface area contributed by atoms with Crippen LogP contribution < -0.4 is 5.32 Å². The molecule has 2 heterocycles. The van der Waals surface area contributed by atoms with Crippen LogP contribution in [-0.4, -0.2) is 35.4 Å². The van der Waals surface area contributed by atoms with Gasteiger partial charge in [0.2, 0.25) is 5.91 Å². The molecule has 1 amide bonds. The van der Waals surface area contributed by atoms with Gasteiger partial charge >= 0.3 is 0 Å². The largest absolute Gasteiger partial charge is 0.352 e. The van der Waals surface area contributed by atoms with Crippen molar-refractivity contribution in [2.24, 2.45) is 5.92 Å². The Morgan fingerprint density at radius 3 is 2.16 bits per heavy atom. The predicted octanol–water partition coefficient (Wildman–Crippen LogP) is 4.63. The third-order valence-corrected chi connectivity index (χ3v) is 6.29. The highest BCUT2D eigenvalue weighted by Gasteiger charge is 2.25. The first-order valence-electron chi connectivity index (χ1n) is 11.3. The molecule has 0 atom stereocenters. The van der Waals surface area contributed by atoms with Crippen molar-refractivity contribution in [1.29, 1.82) is 0 Å². The lowest BCUT2D eigenvalue weighted by molar-refractivity contribution is -0.126. The molecule has 1 aromatic heterocycles. The maximum absolute atomic E-state index is 12.6. The summed E-state index contributed by atoms with van der Waals surface area (Å²) < 4.78 is 0. The molecule has 1 fully saturated rings. The molecular formula is C27H31N3O. The molecule has 1 aliphatic heterocycles. The van der Waals surface area contributed by atoms with Crippen molar-refractivity contribution < 1.29 is 4.79 Å². The Kier molecular flexibility index (Phi) is 7.46. The second kappa shape index (κ2) is 10.9. The Morgan fingerprint density at radius 1 is 0.935 bits per heavy atom. The van der Waals surface area contributed by atoms with Gasteiger partial charge in [-0.05, 0) is 61.7 Å². The number of nitrogens with one attached hydrogen (secondary N) is 1. The summed E-state index contributed by atoms with van der Waals surface area (Å²) in [6, 6.07) is 25.5. The van der Waals surface area contributed by atoms with E-state index in [0.717, 1.165) is 44.5 Å². The van der Waals surface area contributed by atoms with Crippen LogP contribution in [0.1, 0.15) is 41.9 Å². The topological polar surface area (TPSA) is 45.2 Å². The minimum absolute atomic E-state index is 0.118. The molecule has 4 nitrogen and oxygen atoms in total. The summed E-state index contributed by atoms with van der Waals surface area (Å²) in [4.78, 5) is 19.2. The van der Waals surface area contributed by atoms with E-state index in [4.69, 9.17) is 0 Å². The smallest absolute Gasteiger partial charge is 0.223 e. The Morgan fingerprint density at radius 2 is 1.58 bits per heavy atom. The number of pyridine rings is 1. The molecule has 160 valence electrons. The lowest BCUT2D eigenvalue weighted by Crippen LogP contribution is -2.40. The lowest BCUT2D eigenvalue weighted by atomic mass is 9.88. The number of carbonyl (C=O) groups is 1. The van der Waals surface area contributed by atoms with Crippen LogP contribution in [0.15, 0.2) is 85.2 Å². The maximum atomic E-state index is 12.6. The summed E-state index contributed by atoms with van der Waals surface area (Å²) in [5.74, 6) is 0.699. The molecule has 4 heteroatoms. The Balaban J connectivity index is 1.27. The van der Waals surface area contributed by atoms with Crippen molar-refractivity contribution in [1.82, 2.24) is 15.2 Å². The van der Waals surface area contributed by atoms with Crippen molar-refractivity contribution in [2.75, 3.05) is 19.6 Å². The van der Waals surface area contributed by atoms with Gasteiger partial charge in [-0.2, -0.15) is 0 Å². The van der Waals surface area contributed by atoms with Crippen molar-refractivity contribution in [3.8, 4) is 0 Å². The average Bonchev–Trinajstić information content (AvgIpc) is 2.85. The van der Waals surface area contributed by atoms with E-state index in [1.54, 1.807) is 12.4 Å². The van der Waals surface area contributed by atoms with Crippen LogP contribution in [0, 0.1) is 5.92 Å². The normalized spacial score (nSPS) is 15.1. The number of nitrogens with zero attached hydrogens (tertiary/aromatic N) is 2. The summed E-state index contributed by atoms with van der Waals surface area (Å²) in [5.41, 5.74) is 3.79. The monoisotopic (exact) mass is 413 g/mol. The minimum Gasteiger partial charge on any atom is -0.352 e. The SMILES string of the molecule is O=C(NCc1cccnc1)C1CCN(CCC(c2ccccc2)c2ccccc2)CC1. The van der Waals surface area contributed by atoms with E-state index in [2.05, 4.69) is 75.9 Å². The first-order chi connectivity index (χ1) is 15.3. The van der Waals surface area contributed by atoms with Crippen molar-refractivity contribution in [3.63, 3.8) is 0 Å².